The summed E-state index contributed by atoms with van der Waals surface area (Å²) in [5.74, 6) is 0.471. The van der Waals surface area contributed by atoms with Gasteiger partial charge in [-0.15, -0.1) is 0 Å². The summed E-state index contributed by atoms with van der Waals surface area (Å²) in [6, 6.07) is 4.03. The first-order valence-electron chi connectivity index (χ1n) is 10.2. The second kappa shape index (κ2) is 7.98. The van der Waals surface area contributed by atoms with E-state index in [1.54, 1.807) is 0 Å². The van der Waals surface area contributed by atoms with Crippen molar-refractivity contribution in [3.8, 4) is 0 Å². The molecule has 2 aliphatic rings. The van der Waals surface area contributed by atoms with E-state index < -0.39 is 0 Å². The van der Waals surface area contributed by atoms with Crippen molar-refractivity contribution in [2.45, 2.75) is 45.1 Å². The standard InChI is InChI=1S/C21H30N4O2/c1-16-5-4-10-25-18(14-22-21(16)25)13-20(27)24-11-6-17(7-12-24)19(26)15-23-8-2-3-9-23/h4-5,10,14,17,19,26H,2-3,6-9,11-13,15H2,1H3. The number of carbonyl (C=O) groups excluding carboxylic acids is 1. The number of hydrogen-bond donors (Lipinski definition) is 1. The summed E-state index contributed by atoms with van der Waals surface area (Å²) in [6.45, 7) is 6.55. The minimum atomic E-state index is -0.262. The third kappa shape index (κ3) is 4.01. The minimum Gasteiger partial charge on any atom is -0.392 e. The van der Waals surface area contributed by atoms with Gasteiger partial charge in [0.15, 0.2) is 0 Å². The Morgan fingerprint density at radius 1 is 1.26 bits per heavy atom. The molecule has 1 unspecified atom stereocenters. The number of aliphatic hydroxyl groups excluding tert-OH is 1. The quantitative estimate of drug-likeness (QED) is 0.873. The number of amides is 1. The number of rotatable bonds is 5. The van der Waals surface area contributed by atoms with Gasteiger partial charge in [0.25, 0.3) is 0 Å². The van der Waals surface area contributed by atoms with Crippen molar-refractivity contribution in [2.75, 3.05) is 32.7 Å². The minimum absolute atomic E-state index is 0.158. The zero-order chi connectivity index (χ0) is 18.8. The molecular weight excluding hydrogens is 340 g/mol. The highest BCUT2D eigenvalue weighted by atomic mass is 16.3. The van der Waals surface area contributed by atoms with Crippen molar-refractivity contribution in [2.24, 2.45) is 5.92 Å². The molecule has 0 bridgehead atoms. The number of imidazole rings is 1. The van der Waals surface area contributed by atoms with Gasteiger partial charge in [-0.2, -0.15) is 0 Å². The molecule has 1 N–H and O–H groups in total. The van der Waals surface area contributed by atoms with Gasteiger partial charge in [0.1, 0.15) is 5.65 Å². The molecule has 1 amide bonds. The van der Waals surface area contributed by atoms with Crippen LogP contribution in [0.5, 0.6) is 0 Å². The van der Waals surface area contributed by atoms with Crippen LogP contribution in [0.15, 0.2) is 24.5 Å². The molecule has 27 heavy (non-hydrogen) atoms. The molecule has 2 aromatic heterocycles. The Labute approximate surface area is 160 Å². The first-order chi connectivity index (χ1) is 13.1. The van der Waals surface area contributed by atoms with Crippen molar-refractivity contribution < 1.29 is 9.90 Å². The summed E-state index contributed by atoms with van der Waals surface area (Å²) < 4.78 is 2.01. The van der Waals surface area contributed by atoms with Crippen molar-refractivity contribution in [3.05, 3.63) is 35.8 Å². The number of pyridine rings is 1. The van der Waals surface area contributed by atoms with Gasteiger partial charge in [-0.25, -0.2) is 4.98 Å². The van der Waals surface area contributed by atoms with E-state index in [1.165, 1.54) is 12.8 Å². The average molecular weight is 370 g/mol. The highest BCUT2D eigenvalue weighted by Gasteiger charge is 2.29. The highest BCUT2D eigenvalue weighted by molar-refractivity contribution is 5.78. The Hall–Kier alpha value is -1.92. The van der Waals surface area contributed by atoms with Crippen LogP contribution in [-0.2, 0) is 11.2 Å². The maximum absolute atomic E-state index is 12.8. The fraction of sp³-hybridized carbons (Fsp3) is 0.619. The maximum Gasteiger partial charge on any atom is 0.228 e. The molecule has 6 nitrogen and oxygen atoms in total. The molecule has 2 aliphatic heterocycles. The monoisotopic (exact) mass is 370 g/mol. The van der Waals surface area contributed by atoms with Gasteiger partial charge in [0.2, 0.25) is 5.91 Å². The average Bonchev–Trinajstić information content (AvgIpc) is 3.33. The molecule has 0 saturated carbocycles. The third-order valence-electron chi connectivity index (χ3n) is 6.22. The number of aromatic nitrogens is 2. The van der Waals surface area contributed by atoms with E-state index in [0.29, 0.717) is 12.3 Å². The molecule has 1 atom stereocenters. The van der Waals surface area contributed by atoms with E-state index in [-0.39, 0.29) is 12.0 Å². The van der Waals surface area contributed by atoms with E-state index in [0.717, 1.165) is 62.5 Å². The molecule has 2 saturated heterocycles. The van der Waals surface area contributed by atoms with Crippen molar-refractivity contribution >= 4 is 11.6 Å². The van der Waals surface area contributed by atoms with Crippen LogP contribution in [-0.4, -0.2) is 69.0 Å². The first kappa shape index (κ1) is 18.4. The molecule has 146 valence electrons. The summed E-state index contributed by atoms with van der Waals surface area (Å²) in [4.78, 5) is 21.5. The predicted molar refractivity (Wildman–Crippen MR) is 105 cm³/mol. The van der Waals surface area contributed by atoms with Gasteiger partial charge in [-0.3, -0.25) is 4.79 Å². The molecule has 6 heteroatoms. The fourth-order valence-corrected chi connectivity index (χ4v) is 4.51. The molecule has 0 aromatic carbocycles. The molecule has 2 fully saturated rings. The Kier molecular flexibility index (Phi) is 5.45. The second-order valence-electron chi connectivity index (χ2n) is 8.10. The molecule has 0 radical (unpaired) electrons. The largest absolute Gasteiger partial charge is 0.392 e. The zero-order valence-electron chi connectivity index (χ0n) is 16.2. The Morgan fingerprint density at radius 3 is 2.74 bits per heavy atom. The Balaban J connectivity index is 1.31. The van der Waals surface area contributed by atoms with Gasteiger partial charge in [-0.05, 0) is 63.2 Å². The lowest BCUT2D eigenvalue weighted by atomic mass is 9.90. The smallest absolute Gasteiger partial charge is 0.228 e. The van der Waals surface area contributed by atoms with Crippen LogP contribution in [0.25, 0.3) is 5.65 Å². The molecule has 0 spiro atoms. The Bertz CT molecular complexity index is 789. The summed E-state index contributed by atoms with van der Waals surface area (Å²) in [5, 5.41) is 10.6. The number of likely N-dealkylation sites (tertiary alicyclic amines) is 2. The lowest BCUT2D eigenvalue weighted by Crippen LogP contribution is -2.44. The summed E-state index contributed by atoms with van der Waals surface area (Å²) in [7, 11) is 0. The SMILES string of the molecule is Cc1cccn2c(CC(=O)N3CCC(C(O)CN4CCCC4)CC3)cnc12. The van der Waals surface area contributed by atoms with E-state index in [2.05, 4.69) is 9.88 Å². The first-order valence-corrected chi connectivity index (χ1v) is 10.2. The molecular formula is C21H30N4O2. The number of piperidine rings is 1. The van der Waals surface area contributed by atoms with E-state index >= 15 is 0 Å². The van der Waals surface area contributed by atoms with Gasteiger partial charge >= 0.3 is 0 Å². The highest BCUT2D eigenvalue weighted by Crippen LogP contribution is 2.23. The van der Waals surface area contributed by atoms with E-state index in [4.69, 9.17) is 0 Å². The lowest BCUT2D eigenvalue weighted by molar-refractivity contribution is -0.132. The van der Waals surface area contributed by atoms with Gasteiger partial charge < -0.3 is 19.3 Å². The topological polar surface area (TPSA) is 61.1 Å². The number of β-amino-alcohol motifs (C(OH)–C–C–N with tert-alkyl or cyclic N) is 1. The number of fused-ring (bicyclic) bond motifs is 1. The van der Waals surface area contributed by atoms with Crippen LogP contribution in [0, 0.1) is 12.8 Å². The number of aryl methyl sites for hydroxylation is 1. The maximum atomic E-state index is 12.8. The van der Waals surface area contributed by atoms with Crippen LogP contribution in [0.4, 0.5) is 0 Å². The molecule has 4 heterocycles. The summed E-state index contributed by atoms with van der Waals surface area (Å²) >= 11 is 0. The molecule has 0 aliphatic carbocycles. The van der Waals surface area contributed by atoms with Crippen molar-refractivity contribution in [3.63, 3.8) is 0 Å². The van der Waals surface area contributed by atoms with Crippen molar-refractivity contribution in [1.29, 1.82) is 0 Å². The molecule has 4 rings (SSSR count). The third-order valence-corrected chi connectivity index (χ3v) is 6.22. The van der Waals surface area contributed by atoms with Gasteiger partial charge in [-0.1, -0.05) is 6.07 Å². The van der Waals surface area contributed by atoms with Crippen molar-refractivity contribution in [1.82, 2.24) is 19.2 Å². The number of aliphatic hydroxyl groups is 1. The number of carbonyl (C=O) groups is 1. The number of nitrogens with zero attached hydrogens (tertiary/aromatic N) is 4. The summed E-state index contributed by atoms with van der Waals surface area (Å²) in [6.07, 6.45) is 8.20. The van der Waals surface area contributed by atoms with Gasteiger partial charge in [0.05, 0.1) is 18.2 Å². The fourth-order valence-electron chi connectivity index (χ4n) is 4.51. The second-order valence-corrected chi connectivity index (χ2v) is 8.10. The normalized spacial score (nSPS) is 20.4. The number of hydrogen-bond acceptors (Lipinski definition) is 4. The van der Waals surface area contributed by atoms with Crippen LogP contribution in [0.3, 0.4) is 0 Å². The lowest BCUT2D eigenvalue weighted by Gasteiger charge is -2.35. The van der Waals surface area contributed by atoms with E-state index in [1.807, 2.05) is 40.8 Å². The van der Waals surface area contributed by atoms with Gasteiger partial charge in [0, 0.05) is 32.0 Å². The summed E-state index contributed by atoms with van der Waals surface area (Å²) in [5.41, 5.74) is 2.97. The predicted octanol–water partition coefficient (Wildman–Crippen LogP) is 1.88. The zero-order valence-corrected chi connectivity index (χ0v) is 16.2. The Morgan fingerprint density at radius 2 is 2.00 bits per heavy atom. The molecule has 2 aromatic rings. The van der Waals surface area contributed by atoms with E-state index in [9.17, 15) is 9.90 Å². The van der Waals surface area contributed by atoms with Crippen LogP contribution in [0.2, 0.25) is 0 Å². The van der Waals surface area contributed by atoms with Crippen LogP contribution < -0.4 is 0 Å². The van der Waals surface area contributed by atoms with Crippen LogP contribution in [0.1, 0.15) is 36.9 Å². The van der Waals surface area contributed by atoms with Crippen LogP contribution >= 0.6 is 0 Å².